The van der Waals surface area contributed by atoms with Crippen LogP contribution in [0.3, 0.4) is 0 Å². The van der Waals surface area contributed by atoms with Crippen LogP contribution in [0.2, 0.25) is 0 Å². The van der Waals surface area contributed by atoms with E-state index in [1.807, 2.05) is 0 Å². The molecule has 66 valence electrons. The second-order valence-electron chi connectivity index (χ2n) is 3.56. The van der Waals surface area contributed by atoms with Crippen molar-refractivity contribution in [2.75, 3.05) is 12.2 Å². The highest BCUT2D eigenvalue weighted by Gasteiger charge is 2.26. The molecule has 0 radical (unpaired) electrons. The van der Waals surface area contributed by atoms with Gasteiger partial charge in [-0.2, -0.15) is 0 Å². The summed E-state index contributed by atoms with van der Waals surface area (Å²) in [6.07, 6.45) is 8.71. The first-order chi connectivity index (χ1) is 5.27. The van der Waals surface area contributed by atoms with Crippen molar-refractivity contribution in [3.63, 3.8) is 0 Å². The van der Waals surface area contributed by atoms with E-state index in [0.717, 1.165) is 5.94 Å². The summed E-state index contributed by atoms with van der Waals surface area (Å²) < 4.78 is 5.78. The van der Waals surface area contributed by atoms with Gasteiger partial charge in [-0.15, -0.1) is 11.8 Å². The molecule has 0 aromatic heterocycles. The van der Waals surface area contributed by atoms with Gasteiger partial charge in [0.2, 0.25) is 0 Å². The summed E-state index contributed by atoms with van der Waals surface area (Å²) in [5.41, 5.74) is 0.210. The lowest BCUT2D eigenvalue weighted by molar-refractivity contribution is -0.0317. The number of thioether (sulfide) groups is 1. The maximum atomic E-state index is 5.78. The normalized spacial score (nSPS) is 23.5. The van der Waals surface area contributed by atoms with E-state index < -0.39 is 0 Å². The van der Waals surface area contributed by atoms with Crippen LogP contribution in [0.4, 0.5) is 0 Å². The minimum Gasteiger partial charge on any atom is -0.365 e. The van der Waals surface area contributed by atoms with E-state index in [4.69, 9.17) is 4.74 Å². The maximum absolute atomic E-state index is 5.78. The fraction of sp³-hybridized carbons (Fsp3) is 1.00. The molecule has 0 aromatic rings. The monoisotopic (exact) mass is 174 g/mol. The molecule has 1 nitrogen and oxygen atoms in total. The van der Waals surface area contributed by atoms with Gasteiger partial charge in [0.25, 0.3) is 0 Å². The molecule has 0 saturated heterocycles. The van der Waals surface area contributed by atoms with Crippen molar-refractivity contribution in [3.05, 3.63) is 0 Å². The predicted octanol–water partition coefficient (Wildman–Crippen LogP) is 3.05. The minimum absolute atomic E-state index is 0.210. The molecule has 1 aliphatic rings. The predicted molar refractivity (Wildman–Crippen MR) is 51.0 cm³/mol. The number of hydrogen-bond acceptors (Lipinski definition) is 2. The fourth-order valence-corrected chi connectivity index (χ4v) is 2.05. The van der Waals surface area contributed by atoms with Crippen molar-refractivity contribution in [2.24, 2.45) is 0 Å². The third-order valence-corrected chi connectivity index (χ3v) is 2.79. The average molecular weight is 174 g/mol. The fourth-order valence-electron chi connectivity index (χ4n) is 1.65. The second-order valence-corrected chi connectivity index (χ2v) is 4.37. The molecule has 1 aliphatic carbocycles. The van der Waals surface area contributed by atoms with Crippen molar-refractivity contribution in [2.45, 2.75) is 44.6 Å². The Morgan fingerprint density at radius 1 is 1.27 bits per heavy atom. The number of rotatable bonds is 3. The SMILES string of the molecule is CSCOC1(C)CCCCC1. The smallest absolute Gasteiger partial charge is 0.0925 e. The Morgan fingerprint density at radius 2 is 1.91 bits per heavy atom. The summed E-state index contributed by atoms with van der Waals surface area (Å²) in [5, 5.41) is 0. The zero-order valence-corrected chi connectivity index (χ0v) is 8.38. The summed E-state index contributed by atoms with van der Waals surface area (Å²) in [4.78, 5) is 0. The van der Waals surface area contributed by atoms with Crippen LogP contribution in [0.5, 0.6) is 0 Å². The molecular weight excluding hydrogens is 156 g/mol. The van der Waals surface area contributed by atoms with Gasteiger partial charge in [-0.25, -0.2) is 0 Å². The quantitative estimate of drug-likeness (QED) is 0.608. The van der Waals surface area contributed by atoms with Crippen molar-refractivity contribution in [3.8, 4) is 0 Å². The molecule has 1 saturated carbocycles. The Morgan fingerprint density at radius 3 is 2.45 bits per heavy atom. The lowest BCUT2D eigenvalue weighted by Gasteiger charge is -2.33. The van der Waals surface area contributed by atoms with Crippen LogP contribution in [0, 0.1) is 0 Å². The minimum atomic E-state index is 0.210. The van der Waals surface area contributed by atoms with E-state index in [9.17, 15) is 0 Å². The lowest BCUT2D eigenvalue weighted by Crippen LogP contribution is -2.31. The molecule has 0 spiro atoms. The highest BCUT2D eigenvalue weighted by atomic mass is 32.2. The van der Waals surface area contributed by atoms with Crippen LogP contribution < -0.4 is 0 Å². The molecule has 0 aliphatic heterocycles. The molecule has 1 fully saturated rings. The molecule has 2 heteroatoms. The van der Waals surface area contributed by atoms with Crippen LogP contribution >= 0.6 is 11.8 Å². The molecule has 0 heterocycles. The van der Waals surface area contributed by atoms with Crippen LogP contribution in [0.25, 0.3) is 0 Å². The third-order valence-electron chi connectivity index (χ3n) is 2.44. The molecule has 0 amide bonds. The van der Waals surface area contributed by atoms with Crippen LogP contribution in [-0.2, 0) is 4.74 Å². The van der Waals surface area contributed by atoms with Gasteiger partial charge in [0.05, 0.1) is 11.5 Å². The van der Waals surface area contributed by atoms with E-state index in [-0.39, 0.29) is 5.60 Å². The van der Waals surface area contributed by atoms with Gasteiger partial charge in [-0.1, -0.05) is 19.3 Å². The summed E-state index contributed by atoms with van der Waals surface area (Å²) in [6, 6.07) is 0. The van der Waals surface area contributed by atoms with Crippen molar-refractivity contribution < 1.29 is 4.74 Å². The summed E-state index contributed by atoms with van der Waals surface area (Å²) >= 11 is 1.77. The number of ether oxygens (including phenoxy) is 1. The van der Waals surface area contributed by atoms with Crippen molar-refractivity contribution >= 4 is 11.8 Å². The first-order valence-electron chi connectivity index (χ1n) is 4.40. The largest absolute Gasteiger partial charge is 0.365 e. The van der Waals surface area contributed by atoms with Crippen LogP contribution in [0.1, 0.15) is 39.0 Å². The maximum Gasteiger partial charge on any atom is 0.0925 e. The zero-order chi connectivity index (χ0) is 8.16. The molecule has 0 unspecified atom stereocenters. The molecular formula is C9H18OS. The first kappa shape index (κ1) is 9.40. The van der Waals surface area contributed by atoms with Crippen LogP contribution in [-0.4, -0.2) is 17.8 Å². The molecule has 0 N–H and O–H groups in total. The van der Waals surface area contributed by atoms with Gasteiger partial charge in [0, 0.05) is 0 Å². The van der Waals surface area contributed by atoms with E-state index in [1.54, 1.807) is 11.8 Å². The summed E-state index contributed by atoms with van der Waals surface area (Å²) in [7, 11) is 0. The van der Waals surface area contributed by atoms with Crippen molar-refractivity contribution in [1.29, 1.82) is 0 Å². The van der Waals surface area contributed by atoms with Gasteiger partial charge in [0.1, 0.15) is 0 Å². The van der Waals surface area contributed by atoms with Crippen molar-refractivity contribution in [1.82, 2.24) is 0 Å². The molecule has 1 rings (SSSR count). The van der Waals surface area contributed by atoms with E-state index in [2.05, 4.69) is 13.2 Å². The Labute approximate surface area is 73.9 Å². The van der Waals surface area contributed by atoms with Gasteiger partial charge < -0.3 is 4.74 Å². The molecule has 11 heavy (non-hydrogen) atoms. The average Bonchev–Trinajstić information content (AvgIpc) is 2.03. The Bertz CT molecular complexity index is 108. The third kappa shape index (κ3) is 3.04. The Balaban J connectivity index is 2.25. The molecule has 0 bridgehead atoms. The van der Waals surface area contributed by atoms with Gasteiger partial charge in [-0.05, 0) is 26.0 Å². The second kappa shape index (κ2) is 4.36. The topological polar surface area (TPSA) is 9.23 Å². The highest BCUT2D eigenvalue weighted by Crippen LogP contribution is 2.31. The molecule has 0 aromatic carbocycles. The highest BCUT2D eigenvalue weighted by molar-refractivity contribution is 7.98. The summed E-state index contributed by atoms with van der Waals surface area (Å²) in [5.74, 6) is 0.858. The van der Waals surface area contributed by atoms with Crippen LogP contribution in [0.15, 0.2) is 0 Å². The number of hydrogen-bond donors (Lipinski definition) is 0. The molecule has 0 atom stereocenters. The Hall–Kier alpha value is 0.310. The van der Waals surface area contributed by atoms with Gasteiger partial charge in [-0.3, -0.25) is 0 Å². The summed E-state index contributed by atoms with van der Waals surface area (Å²) in [6.45, 7) is 2.25. The lowest BCUT2D eigenvalue weighted by atomic mass is 9.86. The van der Waals surface area contributed by atoms with E-state index >= 15 is 0 Å². The van der Waals surface area contributed by atoms with Gasteiger partial charge >= 0.3 is 0 Å². The van der Waals surface area contributed by atoms with E-state index in [0.29, 0.717) is 0 Å². The Kier molecular flexibility index (Phi) is 3.73. The van der Waals surface area contributed by atoms with Gasteiger partial charge in [0.15, 0.2) is 0 Å². The van der Waals surface area contributed by atoms with E-state index in [1.165, 1.54) is 32.1 Å². The first-order valence-corrected chi connectivity index (χ1v) is 5.79. The standard InChI is InChI=1S/C9H18OS/c1-9(10-8-11-2)6-4-3-5-7-9/h3-8H2,1-2H3. The zero-order valence-electron chi connectivity index (χ0n) is 7.56.